The Morgan fingerprint density at radius 1 is 1.21 bits per heavy atom. The van der Waals surface area contributed by atoms with E-state index in [-0.39, 0.29) is 5.82 Å². The van der Waals surface area contributed by atoms with Crippen molar-refractivity contribution in [2.24, 2.45) is 5.92 Å². The van der Waals surface area contributed by atoms with Crippen molar-refractivity contribution in [2.45, 2.75) is 26.9 Å². The largest absolute Gasteiger partial charge is 0.342 e. The van der Waals surface area contributed by atoms with Gasteiger partial charge in [0.1, 0.15) is 12.4 Å². The minimum Gasteiger partial charge on any atom is -0.342 e. The molecule has 1 aromatic heterocycles. The first-order valence-corrected chi connectivity index (χ1v) is 6.85. The SMILES string of the molecule is CC(C)C[NH2+]Cc1cccn1Cc1cccc(F)c1. The molecule has 0 saturated carbocycles. The lowest BCUT2D eigenvalue weighted by molar-refractivity contribution is -0.675. The zero-order valence-electron chi connectivity index (χ0n) is 11.6. The summed E-state index contributed by atoms with van der Waals surface area (Å²) in [6, 6.07) is 11.0. The van der Waals surface area contributed by atoms with Gasteiger partial charge < -0.3 is 9.88 Å². The van der Waals surface area contributed by atoms with Crippen LogP contribution in [0.2, 0.25) is 0 Å². The summed E-state index contributed by atoms with van der Waals surface area (Å²) in [4.78, 5) is 0. The van der Waals surface area contributed by atoms with Gasteiger partial charge in [0.15, 0.2) is 0 Å². The number of rotatable bonds is 6. The van der Waals surface area contributed by atoms with Gasteiger partial charge in [0.05, 0.1) is 12.2 Å². The number of nitrogens with zero attached hydrogens (tertiary/aromatic N) is 1. The van der Waals surface area contributed by atoms with Gasteiger partial charge in [-0.1, -0.05) is 26.0 Å². The molecule has 2 nitrogen and oxygen atoms in total. The lowest BCUT2D eigenvalue weighted by atomic mass is 10.2. The van der Waals surface area contributed by atoms with E-state index in [1.54, 1.807) is 12.1 Å². The summed E-state index contributed by atoms with van der Waals surface area (Å²) < 4.78 is 15.4. The fourth-order valence-corrected chi connectivity index (χ4v) is 2.19. The molecule has 0 radical (unpaired) electrons. The molecule has 0 saturated heterocycles. The van der Waals surface area contributed by atoms with Crippen molar-refractivity contribution in [3.8, 4) is 0 Å². The van der Waals surface area contributed by atoms with E-state index in [2.05, 4.69) is 42.1 Å². The van der Waals surface area contributed by atoms with Gasteiger partial charge in [-0.3, -0.25) is 0 Å². The highest BCUT2D eigenvalue weighted by Crippen LogP contribution is 2.09. The molecule has 0 aliphatic rings. The van der Waals surface area contributed by atoms with Crippen molar-refractivity contribution >= 4 is 0 Å². The first-order chi connectivity index (χ1) is 9.15. The van der Waals surface area contributed by atoms with Crippen LogP contribution in [0.4, 0.5) is 4.39 Å². The second-order valence-electron chi connectivity index (χ2n) is 5.38. The van der Waals surface area contributed by atoms with Crippen LogP contribution in [0.25, 0.3) is 0 Å². The van der Waals surface area contributed by atoms with Crippen molar-refractivity contribution in [1.29, 1.82) is 0 Å². The van der Waals surface area contributed by atoms with Crippen LogP contribution in [-0.4, -0.2) is 11.1 Å². The highest BCUT2D eigenvalue weighted by atomic mass is 19.1. The average molecular weight is 261 g/mol. The van der Waals surface area contributed by atoms with Crippen molar-refractivity contribution in [2.75, 3.05) is 6.54 Å². The highest BCUT2D eigenvalue weighted by Gasteiger charge is 2.05. The molecule has 0 aliphatic heterocycles. The molecule has 19 heavy (non-hydrogen) atoms. The highest BCUT2D eigenvalue weighted by molar-refractivity contribution is 5.18. The molecule has 3 heteroatoms. The van der Waals surface area contributed by atoms with Crippen molar-refractivity contribution < 1.29 is 9.71 Å². The lowest BCUT2D eigenvalue weighted by Crippen LogP contribution is -2.83. The predicted molar refractivity (Wildman–Crippen MR) is 75.3 cm³/mol. The van der Waals surface area contributed by atoms with Gasteiger partial charge in [0.25, 0.3) is 0 Å². The van der Waals surface area contributed by atoms with Crippen molar-refractivity contribution in [1.82, 2.24) is 4.57 Å². The van der Waals surface area contributed by atoms with Crippen LogP contribution >= 0.6 is 0 Å². The van der Waals surface area contributed by atoms with E-state index in [9.17, 15) is 4.39 Å². The average Bonchev–Trinajstić information content (AvgIpc) is 2.76. The molecule has 0 unspecified atom stereocenters. The third kappa shape index (κ3) is 4.21. The third-order valence-corrected chi connectivity index (χ3v) is 3.16. The van der Waals surface area contributed by atoms with Crippen LogP contribution in [0.3, 0.4) is 0 Å². The summed E-state index contributed by atoms with van der Waals surface area (Å²) in [6.45, 7) is 7.28. The molecule has 0 fully saturated rings. The number of nitrogens with two attached hydrogens (primary N) is 1. The van der Waals surface area contributed by atoms with Crippen LogP contribution in [0.15, 0.2) is 42.6 Å². The second kappa shape index (κ2) is 6.53. The van der Waals surface area contributed by atoms with E-state index in [4.69, 9.17) is 0 Å². The molecule has 2 N–H and O–H groups in total. The Labute approximate surface area is 114 Å². The second-order valence-corrected chi connectivity index (χ2v) is 5.38. The summed E-state index contributed by atoms with van der Waals surface area (Å²) in [6.07, 6.45) is 2.06. The minimum absolute atomic E-state index is 0.169. The quantitative estimate of drug-likeness (QED) is 0.824. The Bertz CT molecular complexity index is 517. The van der Waals surface area contributed by atoms with Gasteiger partial charge in [0.2, 0.25) is 0 Å². The minimum atomic E-state index is -0.169. The maximum absolute atomic E-state index is 13.2. The number of aromatic nitrogens is 1. The van der Waals surface area contributed by atoms with E-state index in [1.165, 1.54) is 11.8 Å². The zero-order valence-corrected chi connectivity index (χ0v) is 11.6. The summed E-state index contributed by atoms with van der Waals surface area (Å²) in [7, 11) is 0. The maximum atomic E-state index is 13.2. The van der Waals surface area contributed by atoms with E-state index in [0.717, 1.165) is 25.2 Å². The Morgan fingerprint density at radius 2 is 2.05 bits per heavy atom. The normalized spacial score (nSPS) is 11.2. The molecule has 2 aromatic rings. The lowest BCUT2D eigenvalue weighted by Gasteiger charge is -2.10. The number of benzene rings is 1. The summed E-state index contributed by atoms with van der Waals surface area (Å²) in [5, 5.41) is 2.32. The molecule has 0 atom stereocenters. The molecule has 1 heterocycles. The smallest absolute Gasteiger partial charge is 0.123 e. The number of quaternary nitrogens is 1. The van der Waals surface area contributed by atoms with Gasteiger partial charge in [0, 0.05) is 18.7 Å². The third-order valence-electron chi connectivity index (χ3n) is 3.16. The first-order valence-electron chi connectivity index (χ1n) is 6.85. The van der Waals surface area contributed by atoms with Crippen LogP contribution < -0.4 is 5.32 Å². The molecule has 102 valence electrons. The van der Waals surface area contributed by atoms with E-state index >= 15 is 0 Å². The molecule has 0 spiro atoms. The maximum Gasteiger partial charge on any atom is 0.123 e. The van der Waals surface area contributed by atoms with Crippen molar-refractivity contribution in [3.05, 3.63) is 59.7 Å². The van der Waals surface area contributed by atoms with Crippen LogP contribution in [0.5, 0.6) is 0 Å². The fraction of sp³-hybridized carbons (Fsp3) is 0.375. The fourth-order valence-electron chi connectivity index (χ4n) is 2.19. The van der Waals surface area contributed by atoms with Gasteiger partial charge >= 0.3 is 0 Å². The summed E-state index contributed by atoms with van der Waals surface area (Å²) in [5.41, 5.74) is 2.28. The number of halogens is 1. The predicted octanol–water partition coefficient (Wildman–Crippen LogP) is 2.39. The molecular formula is C16H22FN2+. The van der Waals surface area contributed by atoms with Gasteiger partial charge in [-0.2, -0.15) is 0 Å². The van der Waals surface area contributed by atoms with E-state index in [0.29, 0.717) is 5.92 Å². The molecule has 1 aromatic carbocycles. The summed E-state index contributed by atoms with van der Waals surface area (Å²) >= 11 is 0. The first kappa shape index (κ1) is 13.8. The van der Waals surface area contributed by atoms with Gasteiger partial charge in [-0.25, -0.2) is 4.39 Å². The number of hydrogen-bond acceptors (Lipinski definition) is 0. The van der Waals surface area contributed by atoms with E-state index < -0.39 is 0 Å². The molecule has 2 rings (SSSR count). The monoisotopic (exact) mass is 261 g/mol. The van der Waals surface area contributed by atoms with Gasteiger partial charge in [-0.05, 0) is 29.8 Å². The Kier molecular flexibility index (Phi) is 4.74. The van der Waals surface area contributed by atoms with Crippen LogP contribution in [-0.2, 0) is 13.1 Å². The molecule has 0 aliphatic carbocycles. The van der Waals surface area contributed by atoms with E-state index in [1.807, 2.05) is 6.07 Å². The molecular weight excluding hydrogens is 239 g/mol. The Hall–Kier alpha value is -1.61. The van der Waals surface area contributed by atoms with Crippen molar-refractivity contribution in [3.63, 3.8) is 0 Å². The topological polar surface area (TPSA) is 21.5 Å². The van der Waals surface area contributed by atoms with Gasteiger partial charge in [-0.15, -0.1) is 0 Å². The standard InChI is InChI=1S/C16H21FN2/c1-13(2)10-18-11-16-7-4-8-19(16)12-14-5-3-6-15(17)9-14/h3-9,13,18H,10-12H2,1-2H3/p+1. The van der Waals surface area contributed by atoms with Crippen LogP contribution in [0, 0.1) is 11.7 Å². The summed E-state index contributed by atoms with van der Waals surface area (Å²) in [5.74, 6) is 0.532. The van der Waals surface area contributed by atoms with Crippen LogP contribution in [0.1, 0.15) is 25.1 Å². The Balaban J connectivity index is 1.99. The molecule has 0 bridgehead atoms. The molecule has 0 amide bonds. The number of hydrogen-bond donors (Lipinski definition) is 1. The zero-order chi connectivity index (χ0) is 13.7. The Morgan fingerprint density at radius 3 is 2.79 bits per heavy atom.